The Morgan fingerprint density at radius 2 is 1.88 bits per heavy atom. The maximum absolute atomic E-state index is 12.4. The van der Waals surface area contributed by atoms with E-state index in [-0.39, 0.29) is 17.8 Å². The van der Waals surface area contributed by atoms with Gasteiger partial charge in [0.05, 0.1) is 12.1 Å². The van der Waals surface area contributed by atoms with E-state index in [0.29, 0.717) is 24.6 Å². The quantitative estimate of drug-likeness (QED) is 0.439. The number of benzene rings is 1. The van der Waals surface area contributed by atoms with Gasteiger partial charge in [0.25, 0.3) is 0 Å². The fourth-order valence-corrected chi connectivity index (χ4v) is 3.81. The molecule has 1 saturated heterocycles. The monoisotopic (exact) mass is 466 g/mol. The molecule has 34 heavy (non-hydrogen) atoms. The number of ether oxygens (including phenoxy) is 1. The Kier molecular flexibility index (Phi) is 6.93. The van der Waals surface area contributed by atoms with Gasteiger partial charge in [-0.05, 0) is 43.2 Å². The Hall–Kier alpha value is -4.12. The van der Waals surface area contributed by atoms with Gasteiger partial charge in [-0.25, -0.2) is 14.6 Å². The number of aromatic nitrogens is 2. The molecule has 1 aliphatic heterocycles. The van der Waals surface area contributed by atoms with E-state index < -0.39 is 18.7 Å². The number of hydrogen-bond acceptors (Lipinski definition) is 6. The summed E-state index contributed by atoms with van der Waals surface area (Å²) in [7, 11) is 1.57. The van der Waals surface area contributed by atoms with Crippen LogP contribution in [0.1, 0.15) is 12.8 Å². The average Bonchev–Trinajstić information content (AvgIpc) is 3.52. The molecule has 178 valence electrons. The van der Waals surface area contributed by atoms with Gasteiger partial charge in [-0.2, -0.15) is 0 Å². The van der Waals surface area contributed by atoms with Crippen LogP contribution >= 0.6 is 0 Å². The summed E-state index contributed by atoms with van der Waals surface area (Å²) in [6.07, 6.45) is 4.98. The maximum Gasteiger partial charge on any atom is 0.325 e. The minimum atomic E-state index is -1.02. The molecule has 4 N–H and O–H groups in total. The first kappa shape index (κ1) is 23.1. The summed E-state index contributed by atoms with van der Waals surface area (Å²) < 4.78 is 7.39. The third-order valence-corrected chi connectivity index (χ3v) is 5.51. The number of amides is 4. The Labute approximate surface area is 195 Å². The number of pyridine rings is 1. The van der Waals surface area contributed by atoms with Crippen LogP contribution in [-0.4, -0.2) is 70.3 Å². The smallest absolute Gasteiger partial charge is 0.325 e. The number of likely N-dealkylation sites (tertiary alicyclic amines) is 1. The zero-order chi connectivity index (χ0) is 24.1. The van der Waals surface area contributed by atoms with Gasteiger partial charge >= 0.3 is 12.1 Å². The van der Waals surface area contributed by atoms with Crippen LogP contribution in [0.15, 0.2) is 48.8 Å². The second-order valence-corrected chi connectivity index (χ2v) is 7.81. The summed E-state index contributed by atoms with van der Waals surface area (Å²) in [5.41, 5.74) is 0.738. The summed E-state index contributed by atoms with van der Waals surface area (Å²) in [4.78, 5) is 42.5. The van der Waals surface area contributed by atoms with Gasteiger partial charge in [-0.3, -0.25) is 14.7 Å². The van der Waals surface area contributed by atoms with Crippen molar-refractivity contribution < 1.29 is 24.2 Å². The number of carbonyl (C=O) groups excluding carboxylic acids is 3. The molecule has 0 radical (unpaired) electrons. The fraction of sp³-hybridized carbons (Fsp3) is 0.304. The zero-order valence-corrected chi connectivity index (χ0v) is 18.7. The molecule has 11 nitrogen and oxygen atoms in total. The molecular weight excluding hydrogens is 440 g/mol. The first-order chi connectivity index (χ1) is 16.5. The van der Waals surface area contributed by atoms with Crippen molar-refractivity contribution in [1.29, 1.82) is 0 Å². The molecule has 2 aromatic heterocycles. The molecule has 1 fully saturated rings. The highest BCUT2D eigenvalue weighted by Gasteiger charge is 2.27. The average molecular weight is 466 g/mol. The van der Waals surface area contributed by atoms with E-state index in [0.717, 1.165) is 23.7 Å². The normalized spacial score (nSPS) is 14.0. The Morgan fingerprint density at radius 3 is 2.62 bits per heavy atom. The lowest BCUT2D eigenvalue weighted by Crippen LogP contribution is -2.50. The minimum Gasteiger partial charge on any atom is -0.457 e. The number of aliphatic hydroxyl groups excluding tert-OH is 1. The van der Waals surface area contributed by atoms with Crippen LogP contribution in [0.2, 0.25) is 0 Å². The lowest BCUT2D eigenvalue weighted by molar-refractivity contribution is -0.133. The topological polar surface area (TPSA) is 138 Å². The van der Waals surface area contributed by atoms with Gasteiger partial charge in [0.1, 0.15) is 23.4 Å². The number of anilines is 1. The van der Waals surface area contributed by atoms with Crippen LogP contribution < -0.4 is 20.7 Å². The number of nitrogens with zero attached hydrogens (tertiary/aromatic N) is 3. The van der Waals surface area contributed by atoms with Crippen molar-refractivity contribution in [2.45, 2.75) is 18.9 Å². The predicted octanol–water partition coefficient (Wildman–Crippen LogP) is 2.12. The van der Waals surface area contributed by atoms with Crippen LogP contribution in [0.3, 0.4) is 0 Å². The molecule has 1 aromatic carbocycles. The van der Waals surface area contributed by atoms with Crippen molar-refractivity contribution in [2.24, 2.45) is 0 Å². The van der Waals surface area contributed by atoms with Crippen molar-refractivity contribution in [2.75, 3.05) is 32.1 Å². The SMILES string of the molecule is CNC(=O)n1ccc2cc(Oc3ccnc(NC(=O)N[C@@H](CO)C(=O)N4CCCC4)c3)ccc21. The van der Waals surface area contributed by atoms with Crippen molar-refractivity contribution in [1.82, 2.24) is 25.1 Å². The molecule has 4 amide bonds. The fourth-order valence-electron chi connectivity index (χ4n) is 3.81. The molecule has 0 aliphatic carbocycles. The van der Waals surface area contributed by atoms with E-state index in [2.05, 4.69) is 20.9 Å². The number of aliphatic hydroxyl groups is 1. The number of fused-ring (bicyclic) bond motifs is 1. The minimum absolute atomic E-state index is 0.215. The molecule has 0 spiro atoms. The number of nitrogens with one attached hydrogen (secondary N) is 3. The summed E-state index contributed by atoms with van der Waals surface area (Å²) in [6, 6.07) is 8.37. The van der Waals surface area contributed by atoms with Gasteiger partial charge < -0.3 is 25.4 Å². The van der Waals surface area contributed by atoms with Crippen LogP contribution in [0, 0.1) is 0 Å². The Morgan fingerprint density at radius 1 is 1.12 bits per heavy atom. The molecule has 3 heterocycles. The molecule has 11 heteroatoms. The van der Waals surface area contributed by atoms with Crippen molar-refractivity contribution >= 4 is 34.7 Å². The van der Waals surface area contributed by atoms with E-state index >= 15 is 0 Å². The number of hydrogen-bond donors (Lipinski definition) is 4. The molecule has 1 atom stereocenters. The summed E-state index contributed by atoms with van der Waals surface area (Å²) in [6.45, 7) is 0.757. The molecule has 0 saturated carbocycles. The largest absolute Gasteiger partial charge is 0.457 e. The second-order valence-electron chi connectivity index (χ2n) is 7.81. The predicted molar refractivity (Wildman–Crippen MR) is 125 cm³/mol. The van der Waals surface area contributed by atoms with Crippen molar-refractivity contribution in [3.05, 3.63) is 48.8 Å². The van der Waals surface area contributed by atoms with Gasteiger partial charge in [-0.15, -0.1) is 0 Å². The van der Waals surface area contributed by atoms with Crippen LogP contribution in [0.25, 0.3) is 10.9 Å². The number of carbonyl (C=O) groups is 3. The van der Waals surface area contributed by atoms with Crippen LogP contribution in [-0.2, 0) is 4.79 Å². The molecule has 0 bridgehead atoms. The van der Waals surface area contributed by atoms with Gasteiger partial charge in [-0.1, -0.05) is 0 Å². The maximum atomic E-state index is 12.4. The van der Waals surface area contributed by atoms with Crippen molar-refractivity contribution in [3.8, 4) is 11.5 Å². The van der Waals surface area contributed by atoms with Gasteiger partial charge in [0, 0.05) is 44.0 Å². The third kappa shape index (κ3) is 5.09. The third-order valence-electron chi connectivity index (χ3n) is 5.51. The van der Waals surface area contributed by atoms with E-state index in [1.807, 2.05) is 6.07 Å². The highest BCUT2D eigenvalue weighted by molar-refractivity contribution is 5.94. The lowest BCUT2D eigenvalue weighted by Gasteiger charge is -2.22. The molecular formula is C23H26N6O5. The van der Waals surface area contributed by atoms with Gasteiger partial charge in [0.2, 0.25) is 5.91 Å². The van der Waals surface area contributed by atoms with Gasteiger partial charge in [0.15, 0.2) is 0 Å². The summed E-state index contributed by atoms with van der Waals surface area (Å²) >= 11 is 0. The molecule has 0 unspecified atom stereocenters. The first-order valence-corrected chi connectivity index (χ1v) is 10.9. The van der Waals surface area contributed by atoms with E-state index in [4.69, 9.17) is 4.74 Å². The standard InChI is InChI=1S/C23H26N6O5/c1-24-23(33)29-11-7-15-12-16(4-5-19(15)29)34-17-6-8-25-20(13-17)27-22(32)26-18(14-30)21(31)28-9-2-3-10-28/h4-8,11-13,18,30H,2-3,9-10,14H2,1H3,(H,24,33)(H2,25,26,27,32)/t18-/m0/s1. The second kappa shape index (κ2) is 10.2. The van der Waals surface area contributed by atoms with E-state index in [1.165, 1.54) is 16.8 Å². The number of urea groups is 1. The lowest BCUT2D eigenvalue weighted by atomic mass is 10.2. The number of rotatable bonds is 6. The van der Waals surface area contributed by atoms with E-state index in [1.54, 1.807) is 42.4 Å². The Balaban J connectivity index is 1.40. The molecule has 3 aromatic rings. The molecule has 4 rings (SSSR count). The zero-order valence-electron chi connectivity index (χ0n) is 18.7. The Bertz CT molecular complexity index is 1200. The highest BCUT2D eigenvalue weighted by atomic mass is 16.5. The van der Waals surface area contributed by atoms with Crippen LogP contribution in [0.4, 0.5) is 15.4 Å². The summed E-state index contributed by atoms with van der Waals surface area (Å²) in [5.74, 6) is 0.885. The first-order valence-electron chi connectivity index (χ1n) is 10.9. The van der Waals surface area contributed by atoms with E-state index in [9.17, 15) is 19.5 Å². The molecule has 1 aliphatic rings. The highest BCUT2D eigenvalue weighted by Crippen LogP contribution is 2.27. The summed E-state index contributed by atoms with van der Waals surface area (Å²) in [5, 5.41) is 18.0. The van der Waals surface area contributed by atoms with Crippen molar-refractivity contribution in [3.63, 3.8) is 0 Å². The van der Waals surface area contributed by atoms with Crippen LogP contribution in [0.5, 0.6) is 11.5 Å².